The van der Waals surface area contributed by atoms with E-state index >= 15 is 0 Å². The molecule has 0 saturated carbocycles. The number of esters is 1. The molecule has 0 aliphatic carbocycles. The molecule has 0 aromatic carbocycles. The summed E-state index contributed by atoms with van der Waals surface area (Å²) in [5.41, 5.74) is 7.41. The van der Waals surface area contributed by atoms with Crippen LogP contribution in [-0.4, -0.2) is 22.5 Å². The molecule has 0 amide bonds. The van der Waals surface area contributed by atoms with Crippen LogP contribution in [0.3, 0.4) is 0 Å². The van der Waals surface area contributed by atoms with Gasteiger partial charge in [0, 0.05) is 6.20 Å². The van der Waals surface area contributed by atoms with Gasteiger partial charge in [-0.1, -0.05) is 13.8 Å². The lowest BCUT2D eigenvalue weighted by atomic mass is 10.1. The van der Waals surface area contributed by atoms with Crippen molar-refractivity contribution in [2.45, 2.75) is 27.2 Å². The van der Waals surface area contributed by atoms with Crippen molar-refractivity contribution in [1.82, 2.24) is 9.97 Å². The van der Waals surface area contributed by atoms with Crippen LogP contribution in [0.25, 0.3) is 10.6 Å². The molecule has 2 heterocycles. The summed E-state index contributed by atoms with van der Waals surface area (Å²) in [6.45, 7) is 6.32. The molecule has 6 heteroatoms. The summed E-state index contributed by atoms with van der Waals surface area (Å²) in [6, 6.07) is 3.66. The van der Waals surface area contributed by atoms with Crippen LogP contribution in [0.5, 0.6) is 0 Å². The van der Waals surface area contributed by atoms with E-state index in [1.54, 1.807) is 19.2 Å². The number of nitrogen functional groups attached to an aromatic ring is 1. The number of thiazole rings is 1. The van der Waals surface area contributed by atoms with E-state index < -0.39 is 0 Å². The Balaban J connectivity index is 2.45. The third kappa shape index (κ3) is 3.58. The Labute approximate surface area is 128 Å². The van der Waals surface area contributed by atoms with Gasteiger partial charge in [0.25, 0.3) is 0 Å². The van der Waals surface area contributed by atoms with E-state index in [1.807, 2.05) is 6.07 Å². The van der Waals surface area contributed by atoms with Crippen molar-refractivity contribution in [3.05, 3.63) is 28.9 Å². The molecule has 0 aliphatic rings. The first-order chi connectivity index (χ1) is 10.0. The zero-order valence-electron chi connectivity index (χ0n) is 12.4. The summed E-state index contributed by atoms with van der Waals surface area (Å²) in [5, 5.41) is 0.708. The van der Waals surface area contributed by atoms with Crippen molar-refractivity contribution in [3.8, 4) is 10.6 Å². The van der Waals surface area contributed by atoms with Crippen molar-refractivity contribution >= 4 is 23.1 Å². The quantitative estimate of drug-likeness (QED) is 0.858. The number of rotatable bonds is 5. The van der Waals surface area contributed by atoms with Crippen LogP contribution in [0.15, 0.2) is 18.3 Å². The lowest BCUT2D eigenvalue weighted by Crippen LogP contribution is -2.07. The number of carbonyl (C=O) groups is 1. The summed E-state index contributed by atoms with van der Waals surface area (Å²) >= 11 is 1.31. The van der Waals surface area contributed by atoms with E-state index in [0.717, 1.165) is 17.7 Å². The van der Waals surface area contributed by atoms with Crippen LogP contribution in [0, 0.1) is 5.92 Å². The lowest BCUT2D eigenvalue weighted by Gasteiger charge is -2.04. The highest BCUT2D eigenvalue weighted by atomic mass is 32.1. The van der Waals surface area contributed by atoms with Crippen molar-refractivity contribution in [1.29, 1.82) is 0 Å². The number of aromatic nitrogens is 2. The summed E-state index contributed by atoms with van der Waals surface area (Å²) in [4.78, 5) is 21.3. The Kier molecular flexibility index (Phi) is 4.90. The van der Waals surface area contributed by atoms with E-state index in [9.17, 15) is 4.79 Å². The third-order valence-electron chi connectivity index (χ3n) is 2.83. The van der Waals surface area contributed by atoms with Gasteiger partial charge in [-0.05, 0) is 31.4 Å². The number of pyridine rings is 1. The van der Waals surface area contributed by atoms with E-state index in [1.165, 1.54) is 11.3 Å². The molecule has 21 heavy (non-hydrogen) atoms. The zero-order chi connectivity index (χ0) is 15.4. The number of carbonyl (C=O) groups excluding carboxylic acids is 1. The maximum absolute atomic E-state index is 12.1. The van der Waals surface area contributed by atoms with E-state index in [2.05, 4.69) is 23.8 Å². The predicted octanol–water partition coefficient (Wildman–Crippen LogP) is 3.16. The summed E-state index contributed by atoms with van der Waals surface area (Å²) in [6.07, 6.45) is 2.36. The molecule has 0 atom stereocenters. The fraction of sp³-hybridized carbons (Fsp3) is 0.400. The second kappa shape index (κ2) is 6.67. The first kappa shape index (κ1) is 15.4. The number of hydrogen-bond acceptors (Lipinski definition) is 6. The molecule has 112 valence electrons. The smallest absolute Gasteiger partial charge is 0.350 e. The standard InChI is InChI=1S/C15H19N3O2S/c1-4-20-15(19)12-11(8-9(2)3)18-14(21-12)10-6-5-7-17-13(10)16/h5-7,9H,4,8H2,1-3H3,(H2,16,17). The van der Waals surface area contributed by atoms with Gasteiger partial charge in [-0.25, -0.2) is 14.8 Å². The van der Waals surface area contributed by atoms with Gasteiger partial charge in [-0.15, -0.1) is 11.3 Å². The highest BCUT2D eigenvalue weighted by molar-refractivity contribution is 7.17. The Bertz CT molecular complexity index is 638. The SMILES string of the molecule is CCOC(=O)c1sc(-c2cccnc2N)nc1CC(C)C. The van der Waals surface area contributed by atoms with E-state index in [-0.39, 0.29) is 5.97 Å². The lowest BCUT2D eigenvalue weighted by molar-refractivity contribution is 0.0530. The van der Waals surface area contributed by atoms with Crippen LogP contribution in [0.2, 0.25) is 0 Å². The molecule has 2 aromatic heterocycles. The number of nitrogens with zero attached hydrogens (tertiary/aromatic N) is 2. The monoisotopic (exact) mass is 305 g/mol. The third-order valence-corrected chi connectivity index (χ3v) is 3.94. The minimum absolute atomic E-state index is 0.320. The molecule has 0 spiro atoms. The van der Waals surface area contributed by atoms with Gasteiger partial charge in [-0.2, -0.15) is 0 Å². The fourth-order valence-electron chi connectivity index (χ4n) is 1.95. The van der Waals surface area contributed by atoms with Crippen molar-refractivity contribution in [2.24, 2.45) is 5.92 Å². The Morgan fingerprint density at radius 2 is 2.24 bits per heavy atom. The minimum Gasteiger partial charge on any atom is -0.462 e. The molecule has 2 aromatic rings. The molecule has 0 unspecified atom stereocenters. The Morgan fingerprint density at radius 1 is 1.48 bits per heavy atom. The van der Waals surface area contributed by atoms with Crippen LogP contribution in [-0.2, 0) is 11.2 Å². The molecule has 2 N–H and O–H groups in total. The van der Waals surface area contributed by atoms with Gasteiger partial charge in [-0.3, -0.25) is 0 Å². The average Bonchev–Trinajstić information content (AvgIpc) is 2.82. The van der Waals surface area contributed by atoms with E-state index in [0.29, 0.717) is 28.2 Å². The topological polar surface area (TPSA) is 78.1 Å². The van der Waals surface area contributed by atoms with Gasteiger partial charge < -0.3 is 10.5 Å². The molecule has 0 bridgehead atoms. The van der Waals surface area contributed by atoms with Crippen LogP contribution in [0.4, 0.5) is 5.82 Å². The van der Waals surface area contributed by atoms with Gasteiger partial charge in [0.2, 0.25) is 0 Å². The summed E-state index contributed by atoms with van der Waals surface area (Å²) in [5.74, 6) is 0.497. The molecule has 0 saturated heterocycles. The van der Waals surface area contributed by atoms with Crippen LogP contribution in [0.1, 0.15) is 36.1 Å². The Hall–Kier alpha value is -1.95. The van der Waals surface area contributed by atoms with Crippen molar-refractivity contribution in [3.63, 3.8) is 0 Å². The maximum atomic E-state index is 12.1. The highest BCUT2D eigenvalue weighted by Crippen LogP contribution is 2.32. The van der Waals surface area contributed by atoms with Gasteiger partial charge in [0.15, 0.2) is 0 Å². The molecule has 5 nitrogen and oxygen atoms in total. The predicted molar refractivity (Wildman–Crippen MR) is 84.3 cm³/mol. The fourth-order valence-corrected chi connectivity index (χ4v) is 2.97. The molecular formula is C15H19N3O2S. The van der Waals surface area contributed by atoms with E-state index in [4.69, 9.17) is 10.5 Å². The van der Waals surface area contributed by atoms with Crippen LogP contribution < -0.4 is 5.73 Å². The molecule has 0 fully saturated rings. The summed E-state index contributed by atoms with van der Waals surface area (Å²) in [7, 11) is 0. The van der Waals surface area contributed by atoms with Crippen molar-refractivity contribution in [2.75, 3.05) is 12.3 Å². The Morgan fingerprint density at radius 3 is 2.86 bits per heavy atom. The molecular weight excluding hydrogens is 286 g/mol. The number of ether oxygens (including phenoxy) is 1. The van der Waals surface area contributed by atoms with Gasteiger partial charge >= 0.3 is 5.97 Å². The first-order valence-electron chi connectivity index (χ1n) is 6.90. The molecule has 0 aliphatic heterocycles. The number of hydrogen-bond donors (Lipinski definition) is 1. The second-order valence-electron chi connectivity index (χ2n) is 5.05. The minimum atomic E-state index is -0.320. The number of nitrogens with two attached hydrogens (primary N) is 1. The molecule has 2 rings (SSSR count). The average molecular weight is 305 g/mol. The second-order valence-corrected chi connectivity index (χ2v) is 6.05. The highest BCUT2D eigenvalue weighted by Gasteiger charge is 2.21. The largest absolute Gasteiger partial charge is 0.462 e. The van der Waals surface area contributed by atoms with Crippen LogP contribution >= 0.6 is 11.3 Å². The normalized spacial score (nSPS) is 10.9. The summed E-state index contributed by atoms with van der Waals surface area (Å²) < 4.78 is 5.11. The zero-order valence-corrected chi connectivity index (χ0v) is 13.2. The first-order valence-corrected chi connectivity index (χ1v) is 7.72. The maximum Gasteiger partial charge on any atom is 0.350 e. The van der Waals surface area contributed by atoms with Gasteiger partial charge in [0.1, 0.15) is 15.7 Å². The number of anilines is 1. The van der Waals surface area contributed by atoms with Gasteiger partial charge in [0.05, 0.1) is 17.9 Å². The molecule has 0 radical (unpaired) electrons. The van der Waals surface area contributed by atoms with Crippen molar-refractivity contribution < 1.29 is 9.53 Å².